The molecule has 2 N–H and O–H groups in total. The summed E-state index contributed by atoms with van der Waals surface area (Å²) in [6, 6.07) is 0. The smallest absolute Gasteiger partial charge is 0.166 e. The number of hydrogen-bond acceptors (Lipinski definition) is 3. The van der Waals surface area contributed by atoms with Crippen molar-refractivity contribution < 1.29 is 4.52 Å². The Kier molecular flexibility index (Phi) is 3.88. The molecule has 5 heteroatoms. The molecule has 0 saturated heterocycles. The first kappa shape index (κ1) is 11.0. The SMILES string of the molecule is CCNC(=S)NCc1c(C)noc1C. The minimum absolute atomic E-state index is 0.660. The van der Waals surface area contributed by atoms with Crippen molar-refractivity contribution in [2.75, 3.05) is 6.54 Å². The van der Waals surface area contributed by atoms with Gasteiger partial charge in [0.2, 0.25) is 0 Å². The zero-order chi connectivity index (χ0) is 10.6. The highest BCUT2D eigenvalue weighted by Gasteiger charge is 2.08. The third-order valence-corrected chi connectivity index (χ3v) is 2.23. The van der Waals surface area contributed by atoms with Gasteiger partial charge in [-0.2, -0.15) is 0 Å². The molecule has 0 unspecified atom stereocenters. The summed E-state index contributed by atoms with van der Waals surface area (Å²) in [6.07, 6.45) is 0. The van der Waals surface area contributed by atoms with Crippen LogP contribution in [-0.2, 0) is 6.54 Å². The molecule has 0 fully saturated rings. The van der Waals surface area contributed by atoms with Gasteiger partial charge in [-0.25, -0.2) is 0 Å². The number of aromatic nitrogens is 1. The molecule has 1 aromatic rings. The number of nitrogens with zero attached hydrogens (tertiary/aromatic N) is 1. The summed E-state index contributed by atoms with van der Waals surface area (Å²) in [5.41, 5.74) is 1.99. The van der Waals surface area contributed by atoms with E-state index in [4.69, 9.17) is 16.7 Å². The molecule has 1 heterocycles. The van der Waals surface area contributed by atoms with Crippen LogP contribution in [0.2, 0.25) is 0 Å². The van der Waals surface area contributed by atoms with Gasteiger partial charge < -0.3 is 15.2 Å². The number of rotatable bonds is 3. The maximum Gasteiger partial charge on any atom is 0.166 e. The van der Waals surface area contributed by atoms with E-state index in [1.165, 1.54) is 0 Å². The van der Waals surface area contributed by atoms with E-state index in [0.717, 1.165) is 23.6 Å². The van der Waals surface area contributed by atoms with Crippen molar-refractivity contribution in [3.8, 4) is 0 Å². The molecule has 1 rings (SSSR count). The van der Waals surface area contributed by atoms with Crippen LogP contribution in [0.25, 0.3) is 0 Å². The predicted molar refractivity (Wildman–Crippen MR) is 59.1 cm³/mol. The van der Waals surface area contributed by atoms with E-state index in [0.29, 0.717) is 11.7 Å². The van der Waals surface area contributed by atoms with E-state index in [9.17, 15) is 0 Å². The lowest BCUT2D eigenvalue weighted by Gasteiger charge is -2.07. The first-order valence-electron chi connectivity index (χ1n) is 4.58. The summed E-state index contributed by atoms with van der Waals surface area (Å²) in [5.74, 6) is 0.842. The van der Waals surface area contributed by atoms with Gasteiger partial charge in [0, 0.05) is 18.7 Å². The number of aryl methyl sites for hydroxylation is 2. The van der Waals surface area contributed by atoms with Crippen molar-refractivity contribution in [3.05, 3.63) is 17.0 Å². The highest BCUT2D eigenvalue weighted by molar-refractivity contribution is 7.80. The molecule has 0 aliphatic heterocycles. The van der Waals surface area contributed by atoms with Gasteiger partial charge in [0.1, 0.15) is 5.76 Å². The van der Waals surface area contributed by atoms with Crippen molar-refractivity contribution in [1.82, 2.24) is 15.8 Å². The van der Waals surface area contributed by atoms with Crippen molar-refractivity contribution >= 4 is 17.3 Å². The highest BCUT2D eigenvalue weighted by atomic mass is 32.1. The topological polar surface area (TPSA) is 50.1 Å². The van der Waals surface area contributed by atoms with E-state index >= 15 is 0 Å². The van der Waals surface area contributed by atoms with Crippen LogP contribution in [0.1, 0.15) is 23.9 Å². The minimum Gasteiger partial charge on any atom is -0.363 e. The molecule has 0 bridgehead atoms. The van der Waals surface area contributed by atoms with Crippen molar-refractivity contribution in [2.45, 2.75) is 27.3 Å². The fourth-order valence-electron chi connectivity index (χ4n) is 1.15. The maximum absolute atomic E-state index is 5.04. The average molecular weight is 213 g/mol. The molecule has 0 aliphatic rings. The second-order valence-corrected chi connectivity index (χ2v) is 3.42. The molecular formula is C9H15N3OS. The monoisotopic (exact) mass is 213 g/mol. The molecule has 4 nitrogen and oxygen atoms in total. The van der Waals surface area contributed by atoms with Crippen LogP contribution in [0, 0.1) is 13.8 Å². The van der Waals surface area contributed by atoms with E-state index in [-0.39, 0.29) is 0 Å². The first-order valence-corrected chi connectivity index (χ1v) is 4.99. The molecule has 1 aromatic heterocycles. The van der Waals surface area contributed by atoms with Crippen LogP contribution in [0.5, 0.6) is 0 Å². The van der Waals surface area contributed by atoms with E-state index < -0.39 is 0 Å². The zero-order valence-electron chi connectivity index (χ0n) is 8.68. The van der Waals surface area contributed by atoms with E-state index in [2.05, 4.69) is 15.8 Å². The van der Waals surface area contributed by atoms with E-state index in [1.807, 2.05) is 20.8 Å². The summed E-state index contributed by atoms with van der Waals surface area (Å²) in [7, 11) is 0. The Labute approximate surface area is 89.0 Å². The molecule has 14 heavy (non-hydrogen) atoms. The lowest BCUT2D eigenvalue weighted by molar-refractivity contribution is 0.392. The van der Waals surface area contributed by atoms with Gasteiger partial charge in [-0.05, 0) is 33.0 Å². The second-order valence-electron chi connectivity index (χ2n) is 3.02. The van der Waals surface area contributed by atoms with Gasteiger partial charge in [0.15, 0.2) is 5.11 Å². The molecule has 78 valence electrons. The third kappa shape index (κ3) is 2.70. The van der Waals surface area contributed by atoms with E-state index in [1.54, 1.807) is 0 Å². The van der Waals surface area contributed by atoms with Crippen molar-refractivity contribution in [2.24, 2.45) is 0 Å². The van der Waals surface area contributed by atoms with Crippen LogP contribution in [0.15, 0.2) is 4.52 Å². The molecule has 0 saturated carbocycles. The second kappa shape index (κ2) is 4.95. The van der Waals surface area contributed by atoms with Crippen LogP contribution >= 0.6 is 12.2 Å². The Morgan fingerprint density at radius 3 is 2.64 bits per heavy atom. The van der Waals surface area contributed by atoms with Gasteiger partial charge in [-0.1, -0.05) is 5.16 Å². The molecule has 0 amide bonds. The van der Waals surface area contributed by atoms with Crippen LogP contribution in [-0.4, -0.2) is 16.8 Å². The van der Waals surface area contributed by atoms with Gasteiger partial charge in [-0.3, -0.25) is 0 Å². The average Bonchev–Trinajstić information content (AvgIpc) is 2.44. The summed E-state index contributed by atoms with van der Waals surface area (Å²) < 4.78 is 5.03. The number of thiocarbonyl (C=S) groups is 1. The Morgan fingerprint density at radius 1 is 1.43 bits per heavy atom. The Hall–Kier alpha value is -1.10. The van der Waals surface area contributed by atoms with Gasteiger partial charge in [0.25, 0.3) is 0 Å². The molecule has 0 aromatic carbocycles. The molecule has 0 spiro atoms. The number of hydrogen-bond donors (Lipinski definition) is 2. The van der Waals surface area contributed by atoms with Crippen LogP contribution in [0.4, 0.5) is 0 Å². The zero-order valence-corrected chi connectivity index (χ0v) is 9.49. The van der Waals surface area contributed by atoms with Crippen LogP contribution < -0.4 is 10.6 Å². The molecule has 0 atom stereocenters. The highest BCUT2D eigenvalue weighted by Crippen LogP contribution is 2.11. The summed E-state index contributed by atoms with van der Waals surface area (Å²) in [5, 5.41) is 10.6. The summed E-state index contributed by atoms with van der Waals surface area (Å²) >= 11 is 5.04. The quantitative estimate of drug-likeness (QED) is 0.741. The Balaban J connectivity index is 2.49. The standard InChI is InChI=1S/C9H15N3OS/c1-4-10-9(14)11-5-8-6(2)12-13-7(8)3/h4-5H2,1-3H3,(H2,10,11,14). The summed E-state index contributed by atoms with van der Waals surface area (Å²) in [4.78, 5) is 0. The number of nitrogens with one attached hydrogen (secondary N) is 2. The third-order valence-electron chi connectivity index (χ3n) is 1.94. The lowest BCUT2D eigenvalue weighted by Crippen LogP contribution is -2.34. The van der Waals surface area contributed by atoms with Crippen LogP contribution in [0.3, 0.4) is 0 Å². The van der Waals surface area contributed by atoms with Gasteiger partial charge >= 0.3 is 0 Å². The van der Waals surface area contributed by atoms with Gasteiger partial charge in [0.05, 0.1) is 5.69 Å². The first-order chi connectivity index (χ1) is 6.65. The lowest BCUT2D eigenvalue weighted by atomic mass is 10.2. The predicted octanol–water partition coefficient (Wildman–Crippen LogP) is 1.28. The van der Waals surface area contributed by atoms with Crippen molar-refractivity contribution in [1.29, 1.82) is 0 Å². The largest absolute Gasteiger partial charge is 0.363 e. The Bertz CT molecular complexity index is 302. The van der Waals surface area contributed by atoms with Gasteiger partial charge in [-0.15, -0.1) is 0 Å². The fraction of sp³-hybridized carbons (Fsp3) is 0.556. The molecule has 0 radical (unpaired) electrons. The minimum atomic E-state index is 0.660. The van der Waals surface area contributed by atoms with Crippen molar-refractivity contribution in [3.63, 3.8) is 0 Å². The molecular weight excluding hydrogens is 198 g/mol. The molecule has 0 aliphatic carbocycles. The Morgan fingerprint density at radius 2 is 2.14 bits per heavy atom. The maximum atomic E-state index is 5.04. The fourth-order valence-corrected chi connectivity index (χ4v) is 1.36. The normalized spacial score (nSPS) is 9.93. The summed E-state index contributed by atoms with van der Waals surface area (Å²) in [6.45, 7) is 7.31.